The number of amides is 1. The van der Waals surface area contributed by atoms with Crippen molar-refractivity contribution in [1.29, 1.82) is 0 Å². The zero-order valence-electron chi connectivity index (χ0n) is 15.8. The van der Waals surface area contributed by atoms with Gasteiger partial charge in [0.15, 0.2) is 0 Å². The summed E-state index contributed by atoms with van der Waals surface area (Å²) in [6, 6.07) is 11.2. The number of aryl methyl sites for hydroxylation is 1. The van der Waals surface area contributed by atoms with E-state index in [-0.39, 0.29) is 30.7 Å². The second-order valence-corrected chi connectivity index (χ2v) is 6.91. The molecule has 2 aromatic rings. The molecular weight excluding hydrogens is 377 g/mol. The molecule has 1 atom stereocenters. The first kappa shape index (κ1) is 20.3. The van der Waals surface area contributed by atoms with Crippen LogP contribution in [-0.4, -0.2) is 39.3 Å². The summed E-state index contributed by atoms with van der Waals surface area (Å²) in [5.74, 6) is -3.65. The van der Waals surface area contributed by atoms with Gasteiger partial charge in [0.1, 0.15) is 11.6 Å². The van der Waals surface area contributed by atoms with Crippen LogP contribution in [0.25, 0.3) is 5.76 Å². The number of carboxylic acid groups (broad SMARTS) is 1. The molecule has 1 aliphatic rings. The monoisotopic (exact) mass is 397 g/mol. The van der Waals surface area contributed by atoms with Gasteiger partial charge in [0.2, 0.25) is 0 Å². The minimum Gasteiger partial charge on any atom is -0.507 e. The Balaban J connectivity index is 2.10. The summed E-state index contributed by atoms with van der Waals surface area (Å²) in [6.07, 6.45) is -0.0599. The van der Waals surface area contributed by atoms with Gasteiger partial charge in [0.25, 0.3) is 11.7 Å². The molecule has 2 N–H and O–H groups in total. The summed E-state index contributed by atoms with van der Waals surface area (Å²) in [4.78, 5) is 37.4. The lowest BCUT2D eigenvalue weighted by molar-refractivity contribution is -0.140. The molecule has 1 aliphatic heterocycles. The average Bonchev–Trinajstić information content (AvgIpc) is 2.93. The molecule has 7 heteroatoms. The maximum atomic E-state index is 13.9. The highest BCUT2D eigenvalue weighted by molar-refractivity contribution is 6.46. The zero-order chi connectivity index (χ0) is 21.1. The standard InChI is InChI=1S/C22H20FNO5/c1-13-7-9-14(10-8-13)20(27)18-19(15-4-2-5-16(23)12-15)24(22(29)21(18)28)11-3-6-17(25)26/h2,4-5,7-10,12,19,27H,3,6,11H2,1H3,(H,25,26)/t19-/m1/s1. The van der Waals surface area contributed by atoms with Gasteiger partial charge in [-0.1, -0.05) is 42.0 Å². The number of carbonyl (C=O) groups is 3. The number of hydrogen-bond acceptors (Lipinski definition) is 4. The van der Waals surface area contributed by atoms with E-state index < -0.39 is 29.5 Å². The van der Waals surface area contributed by atoms with E-state index in [1.807, 2.05) is 6.92 Å². The molecule has 0 radical (unpaired) electrons. The van der Waals surface area contributed by atoms with Crippen molar-refractivity contribution in [2.75, 3.05) is 6.54 Å². The Morgan fingerprint density at radius 3 is 2.41 bits per heavy atom. The van der Waals surface area contributed by atoms with Gasteiger partial charge in [0, 0.05) is 18.5 Å². The molecule has 1 heterocycles. The van der Waals surface area contributed by atoms with E-state index in [9.17, 15) is 23.9 Å². The number of rotatable bonds is 6. The van der Waals surface area contributed by atoms with Gasteiger partial charge < -0.3 is 15.1 Å². The van der Waals surface area contributed by atoms with E-state index >= 15 is 0 Å². The van der Waals surface area contributed by atoms with Gasteiger partial charge in [-0.2, -0.15) is 0 Å². The molecule has 1 saturated heterocycles. The van der Waals surface area contributed by atoms with Crippen molar-refractivity contribution >= 4 is 23.4 Å². The molecular formula is C22H20FNO5. The van der Waals surface area contributed by atoms with Crippen LogP contribution in [0.3, 0.4) is 0 Å². The number of carboxylic acids is 1. The van der Waals surface area contributed by atoms with Crippen LogP contribution in [0.2, 0.25) is 0 Å². The number of aliphatic hydroxyl groups is 1. The molecule has 0 unspecified atom stereocenters. The Bertz CT molecular complexity index is 997. The molecule has 3 rings (SSSR count). The highest BCUT2D eigenvalue weighted by Crippen LogP contribution is 2.39. The van der Waals surface area contributed by atoms with Crippen LogP contribution >= 0.6 is 0 Å². The number of benzene rings is 2. The number of ketones is 1. The van der Waals surface area contributed by atoms with Gasteiger partial charge in [-0.15, -0.1) is 0 Å². The fraction of sp³-hybridized carbons (Fsp3) is 0.227. The lowest BCUT2D eigenvalue weighted by Gasteiger charge is -2.25. The summed E-state index contributed by atoms with van der Waals surface area (Å²) in [7, 11) is 0. The van der Waals surface area contributed by atoms with Crippen LogP contribution in [0.4, 0.5) is 4.39 Å². The third-order valence-electron chi connectivity index (χ3n) is 4.82. The van der Waals surface area contributed by atoms with E-state index in [1.165, 1.54) is 23.1 Å². The average molecular weight is 397 g/mol. The Morgan fingerprint density at radius 1 is 1.10 bits per heavy atom. The van der Waals surface area contributed by atoms with E-state index in [2.05, 4.69) is 0 Å². The highest BCUT2D eigenvalue weighted by Gasteiger charge is 2.45. The van der Waals surface area contributed by atoms with Crippen LogP contribution in [0.15, 0.2) is 54.1 Å². The fourth-order valence-corrected chi connectivity index (χ4v) is 3.40. The maximum absolute atomic E-state index is 13.9. The third-order valence-corrected chi connectivity index (χ3v) is 4.82. The van der Waals surface area contributed by atoms with Gasteiger partial charge in [-0.3, -0.25) is 14.4 Å². The van der Waals surface area contributed by atoms with Crippen molar-refractivity contribution in [3.63, 3.8) is 0 Å². The van der Waals surface area contributed by atoms with E-state index in [0.29, 0.717) is 11.1 Å². The summed E-state index contributed by atoms with van der Waals surface area (Å²) in [5, 5.41) is 19.7. The molecule has 1 fully saturated rings. The van der Waals surface area contributed by atoms with Crippen molar-refractivity contribution in [3.05, 3.63) is 76.6 Å². The van der Waals surface area contributed by atoms with Crippen molar-refractivity contribution in [3.8, 4) is 0 Å². The number of nitrogens with zero attached hydrogens (tertiary/aromatic N) is 1. The highest BCUT2D eigenvalue weighted by atomic mass is 19.1. The third kappa shape index (κ3) is 4.18. The molecule has 0 bridgehead atoms. The first-order valence-corrected chi connectivity index (χ1v) is 9.12. The normalized spacial score (nSPS) is 18.3. The number of halogens is 1. The van der Waals surface area contributed by atoms with E-state index in [0.717, 1.165) is 5.56 Å². The quantitative estimate of drug-likeness (QED) is 0.442. The van der Waals surface area contributed by atoms with Gasteiger partial charge in [0.05, 0.1) is 11.6 Å². The van der Waals surface area contributed by atoms with Crippen molar-refractivity contribution in [2.45, 2.75) is 25.8 Å². The fourth-order valence-electron chi connectivity index (χ4n) is 3.40. The molecule has 0 spiro atoms. The predicted octanol–water partition coefficient (Wildman–Crippen LogP) is 3.42. The summed E-state index contributed by atoms with van der Waals surface area (Å²) in [5.41, 5.74) is 1.51. The minimum absolute atomic E-state index is 0.0112. The van der Waals surface area contributed by atoms with Gasteiger partial charge in [-0.05, 0) is 31.0 Å². The molecule has 0 saturated carbocycles. The molecule has 150 valence electrons. The Hall–Kier alpha value is -3.48. The molecule has 1 amide bonds. The zero-order valence-corrected chi connectivity index (χ0v) is 15.8. The second-order valence-electron chi connectivity index (χ2n) is 6.91. The predicted molar refractivity (Wildman–Crippen MR) is 103 cm³/mol. The minimum atomic E-state index is -1.02. The molecule has 6 nitrogen and oxygen atoms in total. The Kier molecular flexibility index (Phi) is 5.77. The molecule has 0 aliphatic carbocycles. The number of hydrogen-bond donors (Lipinski definition) is 2. The number of carbonyl (C=O) groups excluding carboxylic acids is 2. The van der Waals surface area contributed by atoms with E-state index in [4.69, 9.17) is 5.11 Å². The van der Waals surface area contributed by atoms with Crippen LogP contribution < -0.4 is 0 Å². The van der Waals surface area contributed by atoms with E-state index in [1.54, 1.807) is 30.3 Å². The number of Topliss-reactive ketones (excluding diaryl/α,β-unsaturated/α-hetero) is 1. The van der Waals surface area contributed by atoms with Crippen LogP contribution in [0.5, 0.6) is 0 Å². The smallest absolute Gasteiger partial charge is 0.303 e. The summed E-state index contributed by atoms with van der Waals surface area (Å²) >= 11 is 0. The lowest BCUT2D eigenvalue weighted by atomic mass is 9.95. The van der Waals surface area contributed by atoms with Gasteiger partial charge >= 0.3 is 5.97 Å². The van der Waals surface area contributed by atoms with Crippen LogP contribution in [0, 0.1) is 12.7 Å². The summed E-state index contributed by atoms with van der Waals surface area (Å²) < 4.78 is 13.9. The second kappa shape index (κ2) is 8.26. The molecule has 29 heavy (non-hydrogen) atoms. The lowest BCUT2D eigenvalue weighted by Crippen LogP contribution is -2.31. The number of aliphatic carboxylic acids is 1. The van der Waals surface area contributed by atoms with Crippen molar-refractivity contribution < 1.29 is 29.0 Å². The number of likely N-dealkylation sites (tertiary alicyclic amines) is 1. The maximum Gasteiger partial charge on any atom is 0.303 e. The van der Waals surface area contributed by atoms with Crippen LogP contribution in [-0.2, 0) is 14.4 Å². The van der Waals surface area contributed by atoms with Gasteiger partial charge in [-0.25, -0.2) is 4.39 Å². The summed E-state index contributed by atoms with van der Waals surface area (Å²) in [6.45, 7) is 1.86. The Labute approximate surface area is 166 Å². The Morgan fingerprint density at radius 2 is 1.79 bits per heavy atom. The topological polar surface area (TPSA) is 94.9 Å². The number of aliphatic hydroxyl groups excluding tert-OH is 1. The largest absolute Gasteiger partial charge is 0.507 e. The van der Waals surface area contributed by atoms with Crippen molar-refractivity contribution in [1.82, 2.24) is 4.90 Å². The first-order chi connectivity index (χ1) is 13.8. The van der Waals surface area contributed by atoms with Crippen LogP contribution in [0.1, 0.15) is 35.6 Å². The molecule has 2 aromatic carbocycles. The first-order valence-electron chi connectivity index (χ1n) is 9.12. The molecule has 0 aromatic heterocycles. The SMILES string of the molecule is Cc1ccc(C(O)=C2C(=O)C(=O)N(CCCC(=O)O)[C@@H]2c2cccc(F)c2)cc1. The van der Waals surface area contributed by atoms with Crippen molar-refractivity contribution in [2.24, 2.45) is 0 Å².